The summed E-state index contributed by atoms with van der Waals surface area (Å²) in [6.07, 6.45) is 1.86. The lowest BCUT2D eigenvalue weighted by Crippen LogP contribution is -2.43. The highest BCUT2D eigenvalue weighted by Crippen LogP contribution is 2.38. The lowest BCUT2D eigenvalue weighted by molar-refractivity contribution is 0.588. The molecule has 3 heterocycles. The van der Waals surface area contributed by atoms with Gasteiger partial charge in [0.15, 0.2) is 10.3 Å². The first-order chi connectivity index (χ1) is 9.16. The van der Waals surface area contributed by atoms with Gasteiger partial charge in [0.1, 0.15) is 0 Å². The van der Waals surface area contributed by atoms with Gasteiger partial charge < -0.3 is 10.2 Å². The van der Waals surface area contributed by atoms with E-state index in [4.69, 9.17) is 11.6 Å². The minimum atomic E-state index is 0.574. The number of aromatic nitrogens is 3. The molecule has 1 N–H and O–H groups in total. The van der Waals surface area contributed by atoms with Gasteiger partial charge in [-0.25, -0.2) is 4.98 Å². The van der Waals surface area contributed by atoms with Crippen LogP contribution in [-0.2, 0) is 7.05 Å². The maximum Gasteiger partial charge on any atom is 0.187 e. The maximum absolute atomic E-state index is 6.32. The molecule has 1 saturated heterocycles. The second-order valence-corrected chi connectivity index (χ2v) is 5.99. The van der Waals surface area contributed by atoms with Crippen molar-refractivity contribution in [3.05, 3.63) is 16.9 Å². The highest BCUT2D eigenvalue weighted by molar-refractivity contribution is 7.19. The molecule has 0 saturated carbocycles. The molecule has 2 aromatic heterocycles. The van der Waals surface area contributed by atoms with Gasteiger partial charge in [0.05, 0.1) is 16.8 Å². The molecule has 7 heteroatoms. The topological polar surface area (TPSA) is 46.0 Å². The van der Waals surface area contributed by atoms with Gasteiger partial charge in [0, 0.05) is 33.2 Å². The molecule has 0 radical (unpaired) electrons. The Morgan fingerprint density at radius 3 is 2.74 bits per heavy atom. The van der Waals surface area contributed by atoms with E-state index >= 15 is 0 Å². The number of aryl methyl sites for hydroxylation is 2. The molecule has 0 aromatic carbocycles. The summed E-state index contributed by atoms with van der Waals surface area (Å²) in [5.74, 6) is 0. The Morgan fingerprint density at radius 2 is 2.11 bits per heavy atom. The first kappa shape index (κ1) is 12.9. The second-order valence-electron chi connectivity index (χ2n) is 4.65. The van der Waals surface area contributed by atoms with Crippen LogP contribution >= 0.6 is 22.9 Å². The van der Waals surface area contributed by atoms with Gasteiger partial charge in [0.25, 0.3) is 0 Å². The molecule has 0 atom stereocenters. The Hall–Kier alpha value is -1.11. The van der Waals surface area contributed by atoms with Gasteiger partial charge in [-0.3, -0.25) is 4.68 Å². The fourth-order valence-corrected chi connectivity index (χ4v) is 3.79. The Balaban J connectivity index is 1.97. The average molecular weight is 298 g/mol. The number of rotatable bonds is 2. The molecule has 0 aliphatic carbocycles. The van der Waals surface area contributed by atoms with Crippen LogP contribution in [0.3, 0.4) is 0 Å². The summed E-state index contributed by atoms with van der Waals surface area (Å²) in [6, 6.07) is 0. The Morgan fingerprint density at radius 1 is 1.37 bits per heavy atom. The average Bonchev–Trinajstić information content (AvgIpc) is 2.94. The van der Waals surface area contributed by atoms with E-state index in [-0.39, 0.29) is 0 Å². The number of nitrogens with zero attached hydrogens (tertiary/aromatic N) is 4. The summed E-state index contributed by atoms with van der Waals surface area (Å²) in [7, 11) is 1.93. The van der Waals surface area contributed by atoms with Crippen LogP contribution in [-0.4, -0.2) is 40.9 Å². The predicted molar refractivity (Wildman–Crippen MR) is 79.1 cm³/mol. The van der Waals surface area contributed by atoms with Gasteiger partial charge in [0.2, 0.25) is 0 Å². The molecule has 3 rings (SSSR count). The van der Waals surface area contributed by atoms with Crippen LogP contribution in [0.15, 0.2) is 6.20 Å². The fourth-order valence-electron chi connectivity index (χ4n) is 2.30. The van der Waals surface area contributed by atoms with Crippen molar-refractivity contribution in [3.63, 3.8) is 0 Å². The number of thiazole rings is 1. The zero-order valence-electron chi connectivity index (χ0n) is 11.0. The summed E-state index contributed by atoms with van der Waals surface area (Å²) in [5, 5.41) is 9.18. The largest absolute Gasteiger partial charge is 0.345 e. The van der Waals surface area contributed by atoms with Gasteiger partial charge in [-0.05, 0) is 12.5 Å². The fraction of sp³-hybridized carbons (Fsp3) is 0.500. The third kappa shape index (κ3) is 2.35. The van der Waals surface area contributed by atoms with Crippen LogP contribution in [0.5, 0.6) is 0 Å². The van der Waals surface area contributed by atoms with Crippen LogP contribution in [0, 0.1) is 6.92 Å². The number of hydrogen-bond donors (Lipinski definition) is 1. The van der Waals surface area contributed by atoms with Crippen LogP contribution in [0.1, 0.15) is 5.56 Å². The lowest BCUT2D eigenvalue weighted by Gasteiger charge is -2.26. The van der Waals surface area contributed by atoms with Crippen molar-refractivity contribution < 1.29 is 0 Å². The maximum atomic E-state index is 6.32. The minimum Gasteiger partial charge on any atom is -0.345 e. The van der Waals surface area contributed by atoms with E-state index in [9.17, 15) is 0 Å². The van der Waals surface area contributed by atoms with Crippen molar-refractivity contribution in [2.45, 2.75) is 6.92 Å². The molecule has 19 heavy (non-hydrogen) atoms. The standard InChI is InChI=1S/C12H16ClN5S/c1-8-7-15-17(2)9(8)10-11(13)16-12(19-10)18-5-3-14-4-6-18/h7,14H,3-6H2,1-2H3. The zero-order valence-corrected chi connectivity index (χ0v) is 12.6. The van der Waals surface area contributed by atoms with E-state index in [2.05, 4.69) is 20.3 Å². The van der Waals surface area contributed by atoms with Crippen LogP contribution in [0.4, 0.5) is 5.13 Å². The van der Waals surface area contributed by atoms with Crippen molar-refractivity contribution in [2.24, 2.45) is 7.05 Å². The smallest absolute Gasteiger partial charge is 0.187 e. The normalized spacial score (nSPS) is 16.1. The van der Waals surface area contributed by atoms with Gasteiger partial charge in [-0.2, -0.15) is 5.10 Å². The van der Waals surface area contributed by atoms with E-state index in [1.165, 1.54) is 0 Å². The van der Waals surface area contributed by atoms with Crippen molar-refractivity contribution in [3.8, 4) is 10.6 Å². The van der Waals surface area contributed by atoms with E-state index in [1.807, 2.05) is 24.9 Å². The van der Waals surface area contributed by atoms with Crippen LogP contribution in [0.25, 0.3) is 10.6 Å². The van der Waals surface area contributed by atoms with E-state index in [0.29, 0.717) is 5.15 Å². The molecule has 5 nitrogen and oxygen atoms in total. The molecular weight excluding hydrogens is 282 g/mol. The Kier molecular flexibility index (Phi) is 3.47. The Labute approximate surface area is 121 Å². The molecule has 102 valence electrons. The molecule has 0 bridgehead atoms. The minimum absolute atomic E-state index is 0.574. The number of anilines is 1. The molecule has 1 aliphatic heterocycles. The molecule has 0 unspecified atom stereocenters. The monoisotopic (exact) mass is 297 g/mol. The summed E-state index contributed by atoms with van der Waals surface area (Å²) < 4.78 is 1.86. The predicted octanol–water partition coefficient (Wildman–Crippen LogP) is 1.92. The van der Waals surface area contributed by atoms with E-state index < -0.39 is 0 Å². The molecule has 0 amide bonds. The molecule has 0 spiro atoms. The number of halogens is 1. The van der Waals surface area contributed by atoms with Crippen molar-refractivity contribution in [2.75, 3.05) is 31.1 Å². The van der Waals surface area contributed by atoms with E-state index in [0.717, 1.165) is 47.4 Å². The molecular formula is C12H16ClN5S. The number of nitrogens with one attached hydrogen (secondary N) is 1. The summed E-state index contributed by atoms with van der Waals surface area (Å²) in [4.78, 5) is 7.80. The summed E-state index contributed by atoms with van der Waals surface area (Å²) in [6.45, 7) is 6.00. The first-order valence-electron chi connectivity index (χ1n) is 6.28. The highest BCUT2D eigenvalue weighted by Gasteiger charge is 2.20. The Bertz CT molecular complexity index is 565. The van der Waals surface area contributed by atoms with Crippen LogP contribution in [0.2, 0.25) is 5.15 Å². The van der Waals surface area contributed by atoms with Crippen molar-refractivity contribution in [1.82, 2.24) is 20.1 Å². The summed E-state index contributed by atoms with van der Waals surface area (Å²) in [5.41, 5.74) is 2.18. The SMILES string of the molecule is Cc1cnn(C)c1-c1sc(N2CCNCC2)nc1Cl. The second kappa shape index (κ2) is 5.11. The highest BCUT2D eigenvalue weighted by atomic mass is 35.5. The third-order valence-electron chi connectivity index (χ3n) is 3.30. The van der Waals surface area contributed by atoms with Crippen LogP contribution < -0.4 is 10.2 Å². The quantitative estimate of drug-likeness (QED) is 0.920. The molecule has 1 fully saturated rings. The summed E-state index contributed by atoms with van der Waals surface area (Å²) >= 11 is 7.96. The number of piperazine rings is 1. The lowest BCUT2D eigenvalue weighted by atomic mass is 10.2. The van der Waals surface area contributed by atoms with Gasteiger partial charge in [-0.15, -0.1) is 0 Å². The molecule has 1 aliphatic rings. The first-order valence-corrected chi connectivity index (χ1v) is 7.47. The van der Waals surface area contributed by atoms with Gasteiger partial charge in [-0.1, -0.05) is 22.9 Å². The van der Waals surface area contributed by atoms with Crippen molar-refractivity contribution in [1.29, 1.82) is 0 Å². The van der Waals surface area contributed by atoms with E-state index in [1.54, 1.807) is 11.3 Å². The third-order valence-corrected chi connectivity index (χ3v) is 4.81. The van der Waals surface area contributed by atoms with Gasteiger partial charge >= 0.3 is 0 Å². The zero-order chi connectivity index (χ0) is 13.4. The number of hydrogen-bond acceptors (Lipinski definition) is 5. The van der Waals surface area contributed by atoms with Crippen molar-refractivity contribution >= 4 is 28.1 Å². The molecule has 2 aromatic rings.